The summed E-state index contributed by atoms with van der Waals surface area (Å²) in [6.45, 7) is 4.80. The number of piperidine rings is 1. The van der Waals surface area contributed by atoms with Crippen LogP contribution in [0.3, 0.4) is 0 Å². The van der Waals surface area contributed by atoms with Crippen molar-refractivity contribution in [2.24, 2.45) is 0 Å². The Morgan fingerprint density at radius 1 is 1.19 bits per heavy atom. The number of hydrogen-bond donors (Lipinski definition) is 2. The van der Waals surface area contributed by atoms with Crippen LogP contribution < -0.4 is 10.1 Å². The molecule has 1 unspecified atom stereocenters. The summed E-state index contributed by atoms with van der Waals surface area (Å²) in [5, 5.41) is 4.07. The van der Waals surface area contributed by atoms with Crippen molar-refractivity contribution in [1.82, 2.24) is 20.2 Å². The topological polar surface area (TPSA) is 79.5 Å². The van der Waals surface area contributed by atoms with E-state index in [0.717, 1.165) is 35.3 Å². The zero-order valence-corrected chi connectivity index (χ0v) is 19.6. The molecule has 2 saturated heterocycles. The van der Waals surface area contributed by atoms with Crippen molar-refractivity contribution in [3.8, 4) is 5.75 Å². The molecular formula is C25H26F4N4O3. The summed E-state index contributed by atoms with van der Waals surface area (Å²) < 4.78 is 62.0. The molecule has 1 atom stereocenters. The zero-order chi connectivity index (χ0) is 25.4. The molecular weight excluding hydrogens is 480 g/mol. The maximum atomic E-state index is 15.1. The zero-order valence-electron chi connectivity index (χ0n) is 19.6. The number of aromatic amines is 1. The average molecular weight is 507 g/mol. The van der Waals surface area contributed by atoms with Gasteiger partial charge in [0.1, 0.15) is 23.3 Å². The van der Waals surface area contributed by atoms with Gasteiger partial charge in [0.15, 0.2) is 0 Å². The van der Waals surface area contributed by atoms with Crippen LogP contribution in [0, 0.1) is 12.7 Å². The fourth-order valence-corrected chi connectivity index (χ4v) is 5.16. The number of nitrogens with zero attached hydrogens (tertiary/aromatic N) is 2. The van der Waals surface area contributed by atoms with Gasteiger partial charge in [0.25, 0.3) is 5.91 Å². The largest absolute Gasteiger partial charge is 0.573 e. The van der Waals surface area contributed by atoms with Crippen molar-refractivity contribution in [3.05, 3.63) is 58.7 Å². The van der Waals surface area contributed by atoms with E-state index in [1.54, 1.807) is 4.90 Å². The molecule has 1 aromatic carbocycles. The molecule has 4 heterocycles. The van der Waals surface area contributed by atoms with Crippen LogP contribution in [0.1, 0.15) is 52.0 Å². The Morgan fingerprint density at radius 2 is 1.92 bits per heavy atom. The van der Waals surface area contributed by atoms with Crippen LogP contribution in [0.4, 0.5) is 17.6 Å². The molecule has 192 valence electrons. The molecule has 2 aliphatic heterocycles. The minimum atomic E-state index is -4.79. The molecule has 2 aromatic heterocycles. The van der Waals surface area contributed by atoms with E-state index in [-0.39, 0.29) is 35.1 Å². The number of rotatable bonds is 4. The fraction of sp³-hybridized carbons (Fsp3) is 0.440. The predicted molar refractivity (Wildman–Crippen MR) is 123 cm³/mol. The first-order chi connectivity index (χ1) is 17.2. The molecule has 0 radical (unpaired) electrons. The minimum absolute atomic E-state index is 0.102. The van der Waals surface area contributed by atoms with E-state index in [2.05, 4.69) is 20.0 Å². The SMILES string of the molecule is Cc1c(C2CNCCO2)[nH]c2ncc(F)c(C3CCN(C(=O)c4ccc(OC(F)(F)F)cc4)CC3)c12. The summed E-state index contributed by atoms with van der Waals surface area (Å²) in [5.74, 6) is -1.14. The van der Waals surface area contributed by atoms with Crippen molar-refractivity contribution in [2.75, 3.05) is 32.8 Å². The van der Waals surface area contributed by atoms with Gasteiger partial charge in [-0.25, -0.2) is 9.37 Å². The number of aryl methyl sites for hydroxylation is 1. The monoisotopic (exact) mass is 506 g/mol. The molecule has 1 amide bonds. The number of halogens is 4. The van der Waals surface area contributed by atoms with Gasteiger partial charge in [-0.05, 0) is 55.5 Å². The molecule has 0 aliphatic carbocycles. The Morgan fingerprint density at radius 3 is 2.56 bits per heavy atom. The summed E-state index contributed by atoms with van der Waals surface area (Å²) in [6.07, 6.45) is -2.60. The van der Waals surface area contributed by atoms with Gasteiger partial charge in [0.05, 0.1) is 18.5 Å². The number of likely N-dealkylation sites (tertiary alicyclic amines) is 1. The third kappa shape index (κ3) is 4.90. The number of alkyl halides is 3. The van der Waals surface area contributed by atoms with E-state index in [1.807, 2.05) is 6.92 Å². The molecule has 7 nitrogen and oxygen atoms in total. The molecule has 36 heavy (non-hydrogen) atoms. The van der Waals surface area contributed by atoms with Crippen molar-refractivity contribution >= 4 is 16.9 Å². The van der Waals surface area contributed by atoms with Crippen molar-refractivity contribution in [3.63, 3.8) is 0 Å². The second kappa shape index (κ2) is 9.70. The number of ether oxygens (including phenoxy) is 2. The average Bonchev–Trinajstić information content (AvgIpc) is 3.20. The Kier molecular flexibility index (Phi) is 6.60. The normalized spacial score (nSPS) is 19.6. The van der Waals surface area contributed by atoms with Gasteiger partial charge in [-0.15, -0.1) is 13.2 Å². The smallest absolute Gasteiger partial charge is 0.406 e. The highest BCUT2D eigenvalue weighted by Gasteiger charge is 2.32. The first kappa shape index (κ1) is 24.5. The van der Waals surface area contributed by atoms with Gasteiger partial charge < -0.3 is 24.7 Å². The number of nitrogens with one attached hydrogen (secondary N) is 2. The van der Waals surface area contributed by atoms with Gasteiger partial charge in [-0.2, -0.15) is 0 Å². The Bertz CT molecular complexity index is 1240. The van der Waals surface area contributed by atoms with Gasteiger partial charge in [-0.3, -0.25) is 4.79 Å². The lowest BCUT2D eigenvalue weighted by molar-refractivity contribution is -0.274. The summed E-state index contributed by atoms with van der Waals surface area (Å²) in [5.41, 5.74) is 3.30. The Hall–Kier alpha value is -3.18. The predicted octanol–water partition coefficient (Wildman–Crippen LogP) is 4.59. The molecule has 0 bridgehead atoms. The maximum absolute atomic E-state index is 15.1. The van der Waals surface area contributed by atoms with Crippen molar-refractivity contribution < 1.29 is 31.8 Å². The number of fused-ring (bicyclic) bond motifs is 1. The first-order valence-corrected chi connectivity index (χ1v) is 11.8. The third-order valence-corrected chi connectivity index (χ3v) is 6.88. The highest BCUT2D eigenvalue weighted by atomic mass is 19.4. The molecule has 5 rings (SSSR count). The minimum Gasteiger partial charge on any atom is -0.406 e. The van der Waals surface area contributed by atoms with Crippen molar-refractivity contribution in [1.29, 1.82) is 0 Å². The number of hydrogen-bond acceptors (Lipinski definition) is 5. The number of benzene rings is 1. The molecule has 3 aromatic rings. The molecule has 2 fully saturated rings. The molecule has 11 heteroatoms. The van der Waals surface area contributed by atoms with Crippen LogP contribution in [-0.2, 0) is 4.74 Å². The number of carbonyl (C=O) groups excluding carboxylic acids is 1. The maximum Gasteiger partial charge on any atom is 0.573 e. The van der Waals surface area contributed by atoms with E-state index in [1.165, 1.54) is 18.3 Å². The molecule has 0 saturated carbocycles. The Labute approximate surface area is 204 Å². The highest BCUT2D eigenvalue weighted by molar-refractivity contribution is 5.94. The molecule has 2 N–H and O–H groups in total. The molecule has 0 spiro atoms. The summed E-state index contributed by atoms with van der Waals surface area (Å²) in [4.78, 5) is 22.1. The highest BCUT2D eigenvalue weighted by Crippen LogP contribution is 2.38. The van der Waals surface area contributed by atoms with E-state index < -0.39 is 6.36 Å². The van der Waals surface area contributed by atoms with E-state index in [0.29, 0.717) is 50.3 Å². The van der Waals surface area contributed by atoms with Gasteiger partial charge >= 0.3 is 6.36 Å². The number of morpholine rings is 1. The van der Waals surface area contributed by atoms with Gasteiger partial charge in [-0.1, -0.05) is 0 Å². The van der Waals surface area contributed by atoms with Crippen LogP contribution in [-0.4, -0.2) is 59.9 Å². The summed E-state index contributed by atoms with van der Waals surface area (Å²) in [6, 6.07) is 4.87. The lowest BCUT2D eigenvalue weighted by Crippen LogP contribution is -2.38. The van der Waals surface area contributed by atoms with E-state index in [4.69, 9.17) is 4.74 Å². The third-order valence-electron chi connectivity index (χ3n) is 6.88. The standard InChI is InChI=1S/C25H26F4N4O3/c1-14-20-21(18(26)12-31-23(20)32-22(14)19-13-30-8-11-35-19)15-6-9-33(10-7-15)24(34)16-2-4-17(5-3-16)36-25(27,28)29/h2-5,12,15,19,30H,6-11,13H2,1H3,(H,31,32). The second-order valence-electron chi connectivity index (χ2n) is 9.11. The number of amides is 1. The van der Waals surface area contributed by atoms with Crippen LogP contribution in [0.5, 0.6) is 5.75 Å². The lowest BCUT2D eigenvalue weighted by atomic mass is 9.86. The number of H-pyrrole nitrogens is 1. The quantitative estimate of drug-likeness (QED) is 0.506. The Balaban J connectivity index is 1.31. The van der Waals surface area contributed by atoms with Crippen LogP contribution in [0.15, 0.2) is 30.5 Å². The van der Waals surface area contributed by atoms with E-state index >= 15 is 4.39 Å². The van der Waals surface area contributed by atoms with Gasteiger partial charge in [0.2, 0.25) is 0 Å². The number of carbonyl (C=O) groups is 1. The van der Waals surface area contributed by atoms with Crippen LogP contribution in [0.2, 0.25) is 0 Å². The number of aromatic nitrogens is 2. The molecule has 2 aliphatic rings. The van der Waals surface area contributed by atoms with Crippen LogP contribution in [0.25, 0.3) is 11.0 Å². The van der Waals surface area contributed by atoms with Gasteiger partial charge in [0, 0.05) is 42.7 Å². The summed E-state index contributed by atoms with van der Waals surface area (Å²) in [7, 11) is 0. The van der Waals surface area contributed by atoms with Crippen LogP contribution >= 0.6 is 0 Å². The number of pyridine rings is 1. The fourth-order valence-electron chi connectivity index (χ4n) is 5.16. The second-order valence-corrected chi connectivity index (χ2v) is 9.11. The summed E-state index contributed by atoms with van der Waals surface area (Å²) >= 11 is 0. The van der Waals surface area contributed by atoms with E-state index in [9.17, 15) is 18.0 Å². The first-order valence-electron chi connectivity index (χ1n) is 11.8. The van der Waals surface area contributed by atoms with Crippen molar-refractivity contribution in [2.45, 2.75) is 38.1 Å². The lowest BCUT2D eigenvalue weighted by Gasteiger charge is -2.32.